The number of carboxylic acid groups (broad SMARTS) is 1. The second-order valence-corrected chi connectivity index (χ2v) is 5.52. The summed E-state index contributed by atoms with van der Waals surface area (Å²) >= 11 is 0. The summed E-state index contributed by atoms with van der Waals surface area (Å²) in [6.07, 6.45) is 1.42. The first-order chi connectivity index (χ1) is 10.1. The van der Waals surface area contributed by atoms with Gasteiger partial charge in [0.15, 0.2) is 0 Å². The average Bonchev–Trinajstić information content (AvgIpc) is 2.49. The Labute approximate surface area is 125 Å². The topological polar surface area (TPSA) is 59.0 Å². The van der Waals surface area contributed by atoms with Crippen molar-refractivity contribution >= 4 is 5.97 Å². The SMILES string of the molecule is COC1CN(CCOc2cccc(C(=O)O)c2)CCC1C. The van der Waals surface area contributed by atoms with Gasteiger partial charge in [0.1, 0.15) is 12.4 Å². The summed E-state index contributed by atoms with van der Waals surface area (Å²) in [6.45, 7) is 5.58. The number of hydrogen-bond donors (Lipinski definition) is 1. The van der Waals surface area contributed by atoms with Crippen LogP contribution in [0.5, 0.6) is 5.75 Å². The zero-order valence-corrected chi connectivity index (χ0v) is 12.6. The van der Waals surface area contributed by atoms with Crippen molar-refractivity contribution in [1.29, 1.82) is 0 Å². The van der Waals surface area contributed by atoms with Crippen LogP contribution in [0.1, 0.15) is 23.7 Å². The number of ether oxygens (including phenoxy) is 2. The lowest BCUT2D eigenvalue weighted by Crippen LogP contribution is -2.45. The summed E-state index contributed by atoms with van der Waals surface area (Å²) in [5.74, 6) is 0.261. The minimum Gasteiger partial charge on any atom is -0.492 e. The van der Waals surface area contributed by atoms with Crippen molar-refractivity contribution in [2.24, 2.45) is 5.92 Å². The zero-order chi connectivity index (χ0) is 15.2. The minimum atomic E-state index is -0.937. The Morgan fingerprint density at radius 3 is 3.00 bits per heavy atom. The molecule has 1 heterocycles. The molecule has 0 aromatic heterocycles. The van der Waals surface area contributed by atoms with E-state index in [1.54, 1.807) is 31.4 Å². The highest BCUT2D eigenvalue weighted by atomic mass is 16.5. The average molecular weight is 293 g/mol. The van der Waals surface area contributed by atoms with Crippen molar-refractivity contribution in [2.45, 2.75) is 19.4 Å². The molecular weight excluding hydrogens is 270 g/mol. The van der Waals surface area contributed by atoms with E-state index in [9.17, 15) is 4.79 Å². The highest BCUT2D eigenvalue weighted by Crippen LogP contribution is 2.19. The summed E-state index contributed by atoms with van der Waals surface area (Å²) in [4.78, 5) is 13.2. The number of aromatic carboxylic acids is 1. The van der Waals surface area contributed by atoms with Crippen molar-refractivity contribution in [3.05, 3.63) is 29.8 Å². The summed E-state index contributed by atoms with van der Waals surface area (Å²) in [5.41, 5.74) is 0.249. The predicted octanol–water partition coefficient (Wildman–Crippen LogP) is 2.12. The van der Waals surface area contributed by atoms with Gasteiger partial charge in [-0.25, -0.2) is 4.79 Å². The molecule has 2 unspecified atom stereocenters. The van der Waals surface area contributed by atoms with Gasteiger partial charge in [0, 0.05) is 20.2 Å². The highest BCUT2D eigenvalue weighted by molar-refractivity contribution is 5.87. The van der Waals surface area contributed by atoms with Crippen molar-refractivity contribution in [1.82, 2.24) is 4.90 Å². The van der Waals surface area contributed by atoms with E-state index in [2.05, 4.69) is 11.8 Å². The molecule has 1 fully saturated rings. The maximum Gasteiger partial charge on any atom is 0.335 e. The number of hydrogen-bond acceptors (Lipinski definition) is 4. The molecule has 0 amide bonds. The molecule has 0 bridgehead atoms. The Kier molecular flexibility index (Phi) is 5.59. The van der Waals surface area contributed by atoms with Crippen molar-refractivity contribution in [3.63, 3.8) is 0 Å². The van der Waals surface area contributed by atoms with Crippen LogP contribution < -0.4 is 4.74 Å². The predicted molar refractivity (Wildman–Crippen MR) is 79.9 cm³/mol. The lowest BCUT2D eigenvalue weighted by Gasteiger charge is -2.36. The molecule has 5 nitrogen and oxygen atoms in total. The van der Waals surface area contributed by atoms with Crippen LogP contribution in [0.15, 0.2) is 24.3 Å². The third-order valence-corrected chi connectivity index (χ3v) is 4.03. The molecule has 1 aliphatic heterocycles. The molecule has 5 heteroatoms. The smallest absolute Gasteiger partial charge is 0.335 e. The normalized spacial score (nSPS) is 23.0. The van der Waals surface area contributed by atoms with Gasteiger partial charge in [-0.05, 0) is 37.1 Å². The lowest BCUT2D eigenvalue weighted by atomic mass is 9.96. The van der Waals surface area contributed by atoms with E-state index < -0.39 is 5.97 Å². The van der Waals surface area contributed by atoms with Crippen LogP contribution >= 0.6 is 0 Å². The minimum absolute atomic E-state index is 0.249. The maximum atomic E-state index is 10.9. The standard InChI is InChI=1S/C16H23NO4/c1-12-6-7-17(11-15(12)20-2)8-9-21-14-5-3-4-13(10-14)16(18)19/h3-5,10,12,15H,6-9,11H2,1-2H3,(H,18,19). The van der Waals surface area contributed by atoms with Crippen LogP contribution in [0, 0.1) is 5.92 Å². The molecule has 0 aliphatic carbocycles. The van der Waals surface area contributed by atoms with Gasteiger partial charge in [0.05, 0.1) is 11.7 Å². The number of likely N-dealkylation sites (tertiary alicyclic amines) is 1. The molecule has 1 aromatic rings. The van der Waals surface area contributed by atoms with Crippen LogP contribution in [-0.2, 0) is 4.74 Å². The first-order valence-corrected chi connectivity index (χ1v) is 7.31. The third-order valence-electron chi connectivity index (χ3n) is 4.03. The largest absolute Gasteiger partial charge is 0.492 e. The van der Waals surface area contributed by atoms with Gasteiger partial charge in [-0.1, -0.05) is 13.0 Å². The highest BCUT2D eigenvalue weighted by Gasteiger charge is 2.25. The van der Waals surface area contributed by atoms with Crippen molar-refractivity contribution < 1.29 is 19.4 Å². The van der Waals surface area contributed by atoms with Crippen molar-refractivity contribution in [3.8, 4) is 5.75 Å². The van der Waals surface area contributed by atoms with Crippen LogP contribution in [0.25, 0.3) is 0 Å². The molecule has 2 atom stereocenters. The van der Waals surface area contributed by atoms with Crippen LogP contribution in [0.3, 0.4) is 0 Å². The number of piperidine rings is 1. The van der Waals surface area contributed by atoms with Gasteiger partial charge in [-0.2, -0.15) is 0 Å². The maximum absolute atomic E-state index is 10.9. The lowest BCUT2D eigenvalue weighted by molar-refractivity contribution is -0.00789. The molecule has 1 aromatic carbocycles. The van der Waals surface area contributed by atoms with Gasteiger partial charge in [0.2, 0.25) is 0 Å². The molecule has 0 radical (unpaired) electrons. The Morgan fingerprint density at radius 1 is 1.48 bits per heavy atom. The van der Waals surface area contributed by atoms with E-state index in [4.69, 9.17) is 14.6 Å². The third kappa shape index (κ3) is 4.44. The first kappa shape index (κ1) is 15.8. The number of rotatable bonds is 6. The van der Waals surface area contributed by atoms with Gasteiger partial charge >= 0.3 is 5.97 Å². The number of carboxylic acids is 1. The fourth-order valence-corrected chi connectivity index (χ4v) is 2.62. The summed E-state index contributed by atoms with van der Waals surface area (Å²) in [7, 11) is 1.76. The Bertz CT molecular complexity index is 477. The fraction of sp³-hybridized carbons (Fsp3) is 0.562. The van der Waals surface area contributed by atoms with Gasteiger partial charge in [-0.3, -0.25) is 4.90 Å². The van der Waals surface area contributed by atoms with Gasteiger partial charge in [-0.15, -0.1) is 0 Å². The van der Waals surface area contributed by atoms with E-state index >= 15 is 0 Å². The molecule has 2 rings (SSSR count). The first-order valence-electron chi connectivity index (χ1n) is 7.31. The fourth-order valence-electron chi connectivity index (χ4n) is 2.62. The summed E-state index contributed by atoms with van der Waals surface area (Å²) in [5, 5.41) is 8.94. The van der Waals surface area contributed by atoms with Crippen molar-refractivity contribution in [2.75, 3.05) is 33.4 Å². The molecule has 116 valence electrons. The molecule has 1 aliphatic rings. The zero-order valence-electron chi connectivity index (χ0n) is 12.6. The summed E-state index contributed by atoms with van der Waals surface area (Å²) in [6, 6.07) is 6.59. The number of carbonyl (C=O) groups is 1. The molecular formula is C16H23NO4. The number of nitrogens with zero attached hydrogens (tertiary/aromatic N) is 1. The number of benzene rings is 1. The molecule has 1 N–H and O–H groups in total. The Hall–Kier alpha value is -1.59. The van der Waals surface area contributed by atoms with E-state index in [1.807, 2.05) is 0 Å². The molecule has 21 heavy (non-hydrogen) atoms. The van der Waals surface area contributed by atoms with E-state index in [1.165, 1.54) is 0 Å². The molecule has 0 spiro atoms. The van der Waals surface area contributed by atoms with E-state index in [0.29, 0.717) is 18.3 Å². The monoisotopic (exact) mass is 293 g/mol. The molecule has 0 saturated carbocycles. The Balaban J connectivity index is 1.79. The van der Waals surface area contributed by atoms with Crippen LogP contribution in [0.2, 0.25) is 0 Å². The van der Waals surface area contributed by atoms with E-state index in [-0.39, 0.29) is 11.7 Å². The van der Waals surface area contributed by atoms with Crippen LogP contribution in [0.4, 0.5) is 0 Å². The second-order valence-electron chi connectivity index (χ2n) is 5.52. The van der Waals surface area contributed by atoms with Crippen LogP contribution in [-0.4, -0.2) is 55.4 Å². The quantitative estimate of drug-likeness (QED) is 0.870. The number of methoxy groups -OCH3 is 1. The van der Waals surface area contributed by atoms with Gasteiger partial charge in [0.25, 0.3) is 0 Å². The second kappa shape index (κ2) is 7.43. The summed E-state index contributed by atoms with van der Waals surface area (Å²) < 4.78 is 11.1. The Morgan fingerprint density at radius 2 is 2.29 bits per heavy atom. The van der Waals surface area contributed by atoms with E-state index in [0.717, 1.165) is 26.1 Å². The van der Waals surface area contributed by atoms with Gasteiger partial charge < -0.3 is 14.6 Å². The molecule has 1 saturated heterocycles.